The first-order valence-corrected chi connectivity index (χ1v) is 8.23. The minimum atomic E-state index is -3.42. The summed E-state index contributed by atoms with van der Waals surface area (Å²) < 4.78 is 31.6. The number of ether oxygens (including phenoxy) is 1. The Labute approximate surface area is 120 Å². The van der Waals surface area contributed by atoms with E-state index < -0.39 is 10.1 Å². The van der Waals surface area contributed by atoms with Crippen LogP contribution in [-0.2, 0) is 23.8 Å². The summed E-state index contributed by atoms with van der Waals surface area (Å²) in [4.78, 5) is 10.8. The molecule has 0 aromatic heterocycles. The van der Waals surface area contributed by atoms with E-state index >= 15 is 0 Å². The number of hydrogen-bond acceptors (Lipinski definition) is 5. The second kappa shape index (κ2) is 8.01. The van der Waals surface area contributed by atoms with Crippen molar-refractivity contribution in [2.45, 2.75) is 25.7 Å². The third-order valence-corrected chi connectivity index (χ3v) is 3.40. The number of hydrogen-bond donors (Lipinski definition) is 0. The van der Waals surface area contributed by atoms with Crippen LogP contribution in [0.5, 0.6) is 0 Å². The van der Waals surface area contributed by atoms with Crippen molar-refractivity contribution in [2.24, 2.45) is 0 Å². The van der Waals surface area contributed by atoms with E-state index in [0.717, 1.165) is 11.8 Å². The lowest BCUT2D eigenvalue weighted by atomic mass is 9.93. The van der Waals surface area contributed by atoms with Gasteiger partial charge in [-0.25, -0.2) is 0 Å². The molecular formula is C14H20O5S. The molecule has 0 aliphatic rings. The molecule has 0 fully saturated rings. The van der Waals surface area contributed by atoms with Crippen LogP contribution in [0, 0.1) is 0 Å². The fourth-order valence-electron chi connectivity index (χ4n) is 1.89. The normalized spacial score (nSPS) is 12.9. The van der Waals surface area contributed by atoms with Gasteiger partial charge in [-0.2, -0.15) is 8.42 Å². The predicted molar refractivity (Wildman–Crippen MR) is 75.8 cm³/mol. The Kier molecular flexibility index (Phi) is 6.67. The maximum absolute atomic E-state index is 11.0. The molecular weight excluding hydrogens is 280 g/mol. The van der Waals surface area contributed by atoms with Gasteiger partial charge in [-0.15, -0.1) is 0 Å². The Morgan fingerprint density at radius 2 is 1.75 bits per heavy atom. The molecule has 0 unspecified atom stereocenters. The van der Waals surface area contributed by atoms with Gasteiger partial charge in [-0.05, 0) is 24.3 Å². The first kappa shape index (κ1) is 16.7. The number of rotatable bonds is 8. The minimum Gasteiger partial charge on any atom is -0.466 e. The average molecular weight is 300 g/mol. The summed E-state index contributed by atoms with van der Waals surface area (Å²) in [5.41, 5.74) is 1.08. The Morgan fingerprint density at radius 3 is 2.30 bits per heavy atom. The molecule has 0 aliphatic carbocycles. The van der Waals surface area contributed by atoms with Crippen LogP contribution in [-0.4, -0.2) is 33.9 Å². The zero-order valence-corrected chi connectivity index (χ0v) is 12.6. The summed E-state index contributed by atoms with van der Waals surface area (Å²) >= 11 is 0. The monoisotopic (exact) mass is 300 g/mol. The van der Waals surface area contributed by atoms with Gasteiger partial charge in [-0.1, -0.05) is 30.3 Å². The van der Waals surface area contributed by atoms with Gasteiger partial charge in [0.25, 0.3) is 10.1 Å². The number of carbonyl (C=O) groups excluding carboxylic acids is 1. The second-order valence-corrected chi connectivity index (χ2v) is 6.20. The zero-order chi connectivity index (χ0) is 15.0. The highest BCUT2D eigenvalue weighted by atomic mass is 32.2. The van der Waals surface area contributed by atoms with Gasteiger partial charge < -0.3 is 4.74 Å². The molecule has 0 bridgehead atoms. The van der Waals surface area contributed by atoms with E-state index in [-0.39, 0.29) is 18.5 Å². The molecule has 0 spiro atoms. The van der Waals surface area contributed by atoms with Crippen LogP contribution in [0.4, 0.5) is 0 Å². The zero-order valence-electron chi connectivity index (χ0n) is 11.7. The molecule has 0 amide bonds. The van der Waals surface area contributed by atoms with Gasteiger partial charge in [0.1, 0.15) is 0 Å². The highest BCUT2D eigenvalue weighted by Gasteiger charge is 2.13. The third-order valence-electron chi connectivity index (χ3n) is 2.81. The van der Waals surface area contributed by atoms with Crippen molar-refractivity contribution in [3.05, 3.63) is 35.9 Å². The van der Waals surface area contributed by atoms with Crippen molar-refractivity contribution < 1.29 is 22.1 Å². The third kappa shape index (κ3) is 7.25. The van der Waals surface area contributed by atoms with E-state index in [4.69, 9.17) is 8.92 Å². The summed E-state index contributed by atoms with van der Waals surface area (Å²) in [5.74, 6) is -0.221. The average Bonchev–Trinajstić information content (AvgIpc) is 2.36. The van der Waals surface area contributed by atoms with Crippen molar-refractivity contribution in [3.63, 3.8) is 0 Å². The van der Waals surface area contributed by atoms with E-state index in [1.165, 1.54) is 6.92 Å². The summed E-state index contributed by atoms with van der Waals surface area (Å²) in [5, 5.41) is 0. The highest BCUT2D eigenvalue weighted by molar-refractivity contribution is 7.85. The van der Waals surface area contributed by atoms with Crippen molar-refractivity contribution in [2.75, 3.05) is 19.5 Å². The van der Waals surface area contributed by atoms with Gasteiger partial charge in [0.05, 0.1) is 19.5 Å². The van der Waals surface area contributed by atoms with E-state index in [0.29, 0.717) is 19.4 Å². The molecule has 0 saturated carbocycles. The summed E-state index contributed by atoms with van der Waals surface area (Å²) in [6.07, 6.45) is 2.22. The summed E-state index contributed by atoms with van der Waals surface area (Å²) in [6, 6.07) is 9.70. The maximum atomic E-state index is 11.0. The largest absolute Gasteiger partial charge is 0.466 e. The van der Waals surface area contributed by atoms with E-state index in [1.54, 1.807) is 0 Å². The van der Waals surface area contributed by atoms with Crippen molar-refractivity contribution in [3.8, 4) is 0 Å². The van der Waals surface area contributed by atoms with Crippen molar-refractivity contribution in [1.82, 2.24) is 0 Å². The molecule has 1 rings (SSSR count). The maximum Gasteiger partial charge on any atom is 0.302 e. The predicted octanol–water partition coefficient (Wildman–Crippen LogP) is 2.09. The van der Waals surface area contributed by atoms with Crippen LogP contribution >= 0.6 is 0 Å². The van der Waals surface area contributed by atoms with Crippen LogP contribution in [0.2, 0.25) is 0 Å². The SMILES string of the molecule is CC(=O)OCC[C@H](CCOS(C)(=O)=O)c1ccccc1. The van der Waals surface area contributed by atoms with Crippen LogP contribution in [0.1, 0.15) is 31.2 Å². The quantitative estimate of drug-likeness (QED) is 0.543. The summed E-state index contributed by atoms with van der Waals surface area (Å²) in [6.45, 7) is 1.80. The molecule has 5 nitrogen and oxygen atoms in total. The highest BCUT2D eigenvalue weighted by Crippen LogP contribution is 2.23. The molecule has 112 valence electrons. The standard InChI is InChI=1S/C14H20O5S/c1-12(15)18-10-8-14(9-11-19-20(2,16)17)13-6-4-3-5-7-13/h3-7,14H,8-11H2,1-2H3/t14-/m1/s1. The molecule has 1 aromatic rings. The van der Waals surface area contributed by atoms with Gasteiger partial charge >= 0.3 is 5.97 Å². The van der Waals surface area contributed by atoms with Gasteiger partial charge in [0, 0.05) is 6.92 Å². The lowest BCUT2D eigenvalue weighted by Gasteiger charge is -2.17. The van der Waals surface area contributed by atoms with Crippen molar-refractivity contribution in [1.29, 1.82) is 0 Å². The second-order valence-electron chi connectivity index (χ2n) is 4.55. The number of benzene rings is 1. The molecule has 0 saturated heterocycles. The Balaban J connectivity index is 2.57. The van der Waals surface area contributed by atoms with Gasteiger partial charge in [0.15, 0.2) is 0 Å². The summed E-state index contributed by atoms with van der Waals surface area (Å²) in [7, 11) is -3.42. The molecule has 6 heteroatoms. The van der Waals surface area contributed by atoms with E-state index in [9.17, 15) is 13.2 Å². The molecule has 1 atom stereocenters. The van der Waals surface area contributed by atoms with Crippen LogP contribution in [0.25, 0.3) is 0 Å². The molecule has 0 N–H and O–H groups in total. The minimum absolute atomic E-state index is 0.0947. The molecule has 0 radical (unpaired) electrons. The molecule has 1 aromatic carbocycles. The Hall–Kier alpha value is -1.40. The molecule has 20 heavy (non-hydrogen) atoms. The fourth-order valence-corrected chi connectivity index (χ4v) is 2.29. The van der Waals surface area contributed by atoms with Gasteiger partial charge in [-0.3, -0.25) is 8.98 Å². The number of carbonyl (C=O) groups is 1. The van der Waals surface area contributed by atoms with Crippen LogP contribution in [0.3, 0.4) is 0 Å². The van der Waals surface area contributed by atoms with Gasteiger partial charge in [0.2, 0.25) is 0 Å². The van der Waals surface area contributed by atoms with Crippen LogP contribution in [0.15, 0.2) is 30.3 Å². The van der Waals surface area contributed by atoms with E-state index in [1.807, 2.05) is 30.3 Å². The lowest BCUT2D eigenvalue weighted by molar-refractivity contribution is -0.141. The Bertz CT molecular complexity index is 510. The molecule has 0 heterocycles. The molecule has 0 aliphatic heterocycles. The number of esters is 1. The topological polar surface area (TPSA) is 69.7 Å². The fraction of sp³-hybridized carbons (Fsp3) is 0.500. The first-order valence-electron chi connectivity index (χ1n) is 6.41. The first-order chi connectivity index (χ1) is 9.38. The van der Waals surface area contributed by atoms with Crippen LogP contribution < -0.4 is 0 Å². The smallest absolute Gasteiger partial charge is 0.302 e. The lowest BCUT2D eigenvalue weighted by Crippen LogP contribution is -2.11. The van der Waals surface area contributed by atoms with E-state index in [2.05, 4.69) is 0 Å². The van der Waals surface area contributed by atoms with Crippen molar-refractivity contribution >= 4 is 16.1 Å². The Morgan fingerprint density at radius 1 is 1.15 bits per heavy atom.